The Labute approximate surface area is 171 Å². The summed E-state index contributed by atoms with van der Waals surface area (Å²) in [6, 6.07) is 10.9. The largest absolute Gasteiger partial charge is 0.446 e. The van der Waals surface area contributed by atoms with Gasteiger partial charge in [-0.1, -0.05) is 0 Å². The minimum Gasteiger partial charge on any atom is -0.408 e. The topological polar surface area (TPSA) is 95.8 Å². The van der Waals surface area contributed by atoms with Gasteiger partial charge in [-0.05, 0) is 61.2 Å². The quantitative estimate of drug-likeness (QED) is 0.367. The summed E-state index contributed by atoms with van der Waals surface area (Å²) in [5.74, 6) is 0.269. The molecule has 2 heterocycles. The Balaban J connectivity index is 1.51. The van der Waals surface area contributed by atoms with Crippen LogP contribution in [0.4, 0.5) is 36.3 Å². The summed E-state index contributed by atoms with van der Waals surface area (Å²) in [7, 11) is 0. The van der Waals surface area contributed by atoms with Crippen molar-refractivity contribution in [1.29, 1.82) is 0 Å². The molecule has 0 radical (unpaired) electrons. The Morgan fingerprint density at radius 2 is 1.80 bits per heavy atom. The lowest BCUT2D eigenvalue weighted by molar-refractivity contribution is -0.0328. The Bertz CT molecular complexity index is 1250. The van der Waals surface area contributed by atoms with Crippen molar-refractivity contribution >= 4 is 46.0 Å². The van der Waals surface area contributed by atoms with E-state index >= 15 is 0 Å². The molecule has 0 unspecified atom stereocenters. The number of H-pyrrole nitrogens is 1. The van der Waals surface area contributed by atoms with Crippen molar-refractivity contribution < 1.29 is 17.6 Å². The number of nitrogens with one attached hydrogen (secondary N) is 3. The van der Waals surface area contributed by atoms with E-state index in [1.807, 2.05) is 6.92 Å². The molecule has 7 nitrogen and oxygen atoms in total. The summed E-state index contributed by atoms with van der Waals surface area (Å²) in [5, 5.41) is 6.12. The average Bonchev–Trinajstić information content (AvgIpc) is 3.04. The molecule has 0 saturated carbocycles. The van der Waals surface area contributed by atoms with Crippen molar-refractivity contribution in [2.45, 2.75) is 17.3 Å². The van der Waals surface area contributed by atoms with Gasteiger partial charge in [-0.25, -0.2) is 9.78 Å². The number of oxazole rings is 1. The van der Waals surface area contributed by atoms with Gasteiger partial charge in [-0.3, -0.25) is 4.98 Å². The van der Waals surface area contributed by atoms with Crippen LogP contribution in [0.15, 0.2) is 62.8 Å². The van der Waals surface area contributed by atoms with Crippen molar-refractivity contribution in [3.05, 3.63) is 64.8 Å². The van der Waals surface area contributed by atoms with Crippen LogP contribution < -0.4 is 16.4 Å². The molecule has 2 aromatic heterocycles. The van der Waals surface area contributed by atoms with Crippen LogP contribution in [0.1, 0.15) is 5.56 Å². The number of aryl methyl sites for hydroxylation is 1. The molecule has 0 bridgehead atoms. The van der Waals surface area contributed by atoms with E-state index in [0.29, 0.717) is 28.3 Å². The number of halogens is 3. The van der Waals surface area contributed by atoms with Gasteiger partial charge in [0.25, 0.3) is 0 Å². The number of alkyl halides is 3. The molecule has 0 aliphatic heterocycles. The molecule has 0 aliphatic carbocycles. The highest BCUT2D eigenvalue weighted by Crippen LogP contribution is 2.37. The normalized spacial score (nSPS) is 11.6. The lowest BCUT2D eigenvalue weighted by Crippen LogP contribution is -2.03. The summed E-state index contributed by atoms with van der Waals surface area (Å²) < 4.78 is 42.3. The summed E-state index contributed by atoms with van der Waals surface area (Å²) in [6.45, 7) is 1.83. The van der Waals surface area contributed by atoms with Crippen LogP contribution in [0.2, 0.25) is 0 Å². The van der Waals surface area contributed by atoms with Crippen molar-refractivity contribution in [3.63, 3.8) is 0 Å². The van der Waals surface area contributed by atoms with E-state index in [2.05, 4.69) is 25.6 Å². The average molecular weight is 433 g/mol. The molecule has 0 aliphatic rings. The number of rotatable bonds is 5. The molecule has 0 atom stereocenters. The number of anilines is 4. The molecule has 3 N–H and O–H groups in total. The fourth-order valence-electron chi connectivity index (χ4n) is 2.66. The fourth-order valence-corrected chi connectivity index (χ4v) is 3.20. The third-order valence-corrected chi connectivity index (χ3v) is 4.74. The highest BCUT2D eigenvalue weighted by Gasteiger charge is 2.29. The molecule has 4 rings (SSSR count). The predicted molar refractivity (Wildman–Crippen MR) is 109 cm³/mol. The molecule has 2 aromatic carbocycles. The van der Waals surface area contributed by atoms with Crippen LogP contribution in [0.5, 0.6) is 0 Å². The maximum absolute atomic E-state index is 12.4. The minimum atomic E-state index is -4.33. The smallest absolute Gasteiger partial charge is 0.408 e. The third kappa shape index (κ3) is 4.74. The van der Waals surface area contributed by atoms with Gasteiger partial charge in [-0.2, -0.15) is 18.2 Å². The van der Waals surface area contributed by atoms with Crippen LogP contribution in [-0.2, 0) is 0 Å². The number of hydrogen-bond donors (Lipinski definition) is 3. The first-order valence-corrected chi connectivity index (χ1v) is 9.43. The fraction of sp³-hybridized carbons (Fsp3) is 0.105. The van der Waals surface area contributed by atoms with E-state index in [0.717, 1.165) is 5.56 Å². The molecular weight excluding hydrogens is 419 g/mol. The Kier molecular flexibility index (Phi) is 5.12. The Hall–Kier alpha value is -3.47. The zero-order valence-electron chi connectivity index (χ0n) is 15.4. The van der Waals surface area contributed by atoms with Gasteiger partial charge in [0.15, 0.2) is 5.58 Å². The second-order valence-electron chi connectivity index (χ2n) is 6.27. The van der Waals surface area contributed by atoms with Crippen LogP contribution in [0, 0.1) is 6.92 Å². The SMILES string of the molecule is Cc1cnc(Nc2ccc(SC(F)(F)F)cc2)nc1Nc1ccc2oc(=O)[nH]c2c1. The molecule has 4 aromatic rings. The maximum atomic E-state index is 12.4. The molecule has 0 saturated heterocycles. The monoisotopic (exact) mass is 433 g/mol. The number of fused-ring (bicyclic) bond motifs is 1. The van der Waals surface area contributed by atoms with Crippen LogP contribution in [-0.4, -0.2) is 20.5 Å². The second kappa shape index (κ2) is 7.75. The number of nitrogens with zero attached hydrogens (tertiary/aromatic N) is 2. The van der Waals surface area contributed by atoms with Crippen molar-refractivity contribution in [2.75, 3.05) is 10.6 Å². The van der Waals surface area contributed by atoms with Crippen molar-refractivity contribution in [1.82, 2.24) is 15.0 Å². The van der Waals surface area contributed by atoms with Crippen LogP contribution in [0.3, 0.4) is 0 Å². The van der Waals surface area contributed by atoms with Gasteiger partial charge in [0, 0.05) is 28.0 Å². The van der Waals surface area contributed by atoms with Gasteiger partial charge < -0.3 is 15.1 Å². The number of benzene rings is 2. The first-order chi connectivity index (χ1) is 14.2. The van der Waals surface area contributed by atoms with Crippen molar-refractivity contribution in [2.24, 2.45) is 0 Å². The van der Waals surface area contributed by atoms with Gasteiger partial charge in [0.05, 0.1) is 5.52 Å². The van der Waals surface area contributed by atoms with Gasteiger partial charge in [-0.15, -0.1) is 0 Å². The standard InChI is InChI=1S/C19H14F3N5O2S/c1-10-9-23-17(25-11-2-5-13(6-3-11)30-19(20,21)22)27-16(10)24-12-4-7-15-14(8-12)26-18(28)29-15/h2-9H,1H3,(H,26,28)(H2,23,24,25,27). The minimum absolute atomic E-state index is 0.0907. The highest BCUT2D eigenvalue weighted by molar-refractivity contribution is 8.00. The number of aromatic nitrogens is 3. The number of thioether (sulfide) groups is 1. The van der Waals surface area contributed by atoms with E-state index in [1.54, 1.807) is 24.4 Å². The molecule has 30 heavy (non-hydrogen) atoms. The van der Waals surface area contributed by atoms with E-state index in [9.17, 15) is 18.0 Å². The van der Waals surface area contributed by atoms with Crippen LogP contribution >= 0.6 is 11.8 Å². The van der Waals surface area contributed by atoms with Crippen molar-refractivity contribution in [3.8, 4) is 0 Å². The second-order valence-corrected chi connectivity index (χ2v) is 7.41. The first kappa shape index (κ1) is 19.8. The molecule has 0 amide bonds. The van der Waals surface area contributed by atoms with Gasteiger partial charge in [0.1, 0.15) is 5.82 Å². The van der Waals surface area contributed by atoms with E-state index in [-0.39, 0.29) is 22.6 Å². The lowest BCUT2D eigenvalue weighted by Gasteiger charge is -2.11. The zero-order chi connectivity index (χ0) is 21.3. The molecule has 11 heteroatoms. The Morgan fingerprint density at radius 3 is 2.53 bits per heavy atom. The molecular formula is C19H14F3N5O2S. The summed E-state index contributed by atoms with van der Waals surface area (Å²) in [4.78, 5) is 22.6. The van der Waals surface area contributed by atoms with E-state index in [1.165, 1.54) is 24.3 Å². The maximum Gasteiger partial charge on any atom is 0.446 e. The summed E-state index contributed by atoms with van der Waals surface area (Å²) in [6.07, 6.45) is 1.61. The summed E-state index contributed by atoms with van der Waals surface area (Å²) in [5.41, 5.74) is -1.33. The number of hydrogen-bond acceptors (Lipinski definition) is 7. The molecule has 154 valence electrons. The summed E-state index contributed by atoms with van der Waals surface area (Å²) >= 11 is -0.174. The van der Waals surface area contributed by atoms with E-state index < -0.39 is 11.3 Å². The first-order valence-electron chi connectivity index (χ1n) is 8.61. The molecule has 0 fully saturated rings. The number of aromatic amines is 1. The Morgan fingerprint density at radius 1 is 1.07 bits per heavy atom. The van der Waals surface area contributed by atoms with Gasteiger partial charge in [0.2, 0.25) is 5.95 Å². The lowest BCUT2D eigenvalue weighted by atomic mass is 10.2. The third-order valence-electron chi connectivity index (χ3n) is 4.00. The van der Waals surface area contributed by atoms with Gasteiger partial charge >= 0.3 is 11.3 Å². The van der Waals surface area contributed by atoms with Crippen LogP contribution in [0.25, 0.3) is 11.1 Å². The zero-order valence-corrected chi connectivity index (χ0v) is 16.2. The van der Waals surface area contributed by atoms with E-state index in [4.69, 9.17) is 4.42 Å². The molecule has 0 spiro atoms. The predicted octanol–water partition coefficient (Wildman–Crippen LogP) is 5.32. The highest BCUT2D eigenvalue weighted by atomic mass is 32.2.